The van der Waals surface area contributed by atoms with Crippen LogP contribution in [0.1, 0.15) is 54.5 Å². The molecular formula is C27H26F3N7O. The number of nitrogens with two attached hydrogens (primary N) is 1. The van der Waals surface area contributed by atoms with E-state index in [0.29, 0.717) is 30.9 Å². The number of carbonyl (C=O) groups is 1. The molecule has 8 nitrogen and oxygen atoms in total. The average molecular weight is 522 g/mol. The van der Waals surface area contributed by atoms with Crippen LogP contribution in [-0.2, 0) is 23.7 Å². The molecule has 3 N–H and O–H groups in total. The quantitative estimate of drug-likeness (QED) is 0.525. The van der Waals surface area contributed by atoms with Crippen molar-refractivity contribution in [1.82, 2.24) is 25.0 Å². The second kappa shape index (κ2) is 8.48. The van der Waals surface area contributed by atoms with Crippen LogP contribution in [0.15, 0.2) is 42.6 Å². The molecule has 2 amide bonds. The zero-order valence-corrected chi connectivity index (χ0v) is 20.6. The molecule has 0 radical (unpaired) electrons. The Labute approximate surface area is 217 Å². The monoisotopic (exact) mass is 521 g/mol. The molecule has 1 spiro atoms. The molecule has 2 aromatic heterocycles. The lowest BCUT2D eigenvalue weighted by Gasteiger charge is -2.44. The van der Waals surface area contributed by atoms with Crippen LogP contribution in [0.2, 0.25) is 0 Å². The smallest absolute Gasteiger partial charge is 0.383 e. The average Bonchev–Trinajstić information content (AvgIpc) is 3.58. The summed E-state index contributed by atoms with van der Waals surface area (Å²) in [6.07, 6.45) is 0.769. The number of likely N-dealkylation sites (tertiary alicyclic amines) is 1. The van der Waals surface area contributed by atoms with Crippen molar-refractivity contribution >= 4 is 11.8 Å². The topological polar surface area (TPSA) is 113 Å². The first kappa shape index (κ1) is 24.3. The maximum Gasteiger partial charge on any atom is 0.419 e. The molecule has 1 aromatic carbocycles. The zero-order chi connectivity index (χ0) is 26.7. The molecule has 1 aliphatic carbocycles. The van der Waals surface area contributed by atoms with Crippen LogP contribution in [0.25, 0.3) is 11.3 Å². The molecule has 1 unspecified atom stereocenters. The molecule has 11 heteroatoms. The molecule has 3 aromatic rings. The predicted molar refractivity (Wildman–Crippen MR) is 133 cm³/mol. The van der Waals surface area contributed by atoms with E-state index in [4.69, 9.17) is 5.73 Å². The Kier molecular flexibility index (Phi) is 5.42. The van der Waals surface area contributed by atoms with Gasteiger partial charge < -0.3 is 16.0 Å². The summed E-state index contributed by atoms with van der Waals surface area (Å²) in [7, 11) is 0. The summed E-state index contributed by atoms with van der Waals surface area (Å²) in [6.45, 7) is 1.68. The van der Waals surface area contributed by atoms with E-state index < -0.39 is 23.1 Å². The van der Waals surface area contributed by atoms with Crippen LogP contribution >= 0.6 is 0 Å². The molecule has 2 aliphatic heterocycles. The van der Waals surface area contributed by atoms with Gasteiger partial charge in [-0.2, -0.15) is 23.5 Å². The second-order valence-corrected chi connectivity index (χ2v) is 10.5. The van der Waals surface area contributed by atoms with Crippen molar-refractivity contribution in [1.29, 1.82) is 5.26 Å². The fourth-order valence-electron chi connectivity index (χ4n) is 6.18. The lowest BCUT2D eigenvalue weighted by atomic mass is 9.70. The van der Waals surface area contributed by atoms with E-state index in [1.54, 1.807) is 6.07 Å². The highest BCUT2D eigenvalue weighted by Gasteiger charge is 2.49. The molecular weight excluding hydrogens is 495 g/mol. The van der Waals surface area contributed by atoms with Crippen molar-refractivity contribution in [3.05, 3.63) is 65.0 Å². The first-order chi connectivity index (χ1) is 18.1. The van der Waals surface area contributed by atoms with E-state index in [-0.39, 0.29) is 17.0 Å². The Morgan fingerprint density at radius 3 is 2.61 bits per heavy atom. The van der Waals surface area contributed by atoms with Crippen LogP contribution in [0.4, 0.5) is 23.8 Å². The van der Waals surface area contributed by atoms with Gasteiger partial charge in [0.05, 0.1) is 28.4 Å². The predicted octanol–water partition coefficient (Wildman–Crippen LogP) is 4.55. The summed E-state index contributed by atoms with van der Waals surface area (Å²) in [6, 6.07) is 12.3. The number of hydrogen-bond donors (Lipinski definition) is 2. The number of nitrogen functional groups attached to an aromatic ring is 1. The van der Waals surface area contributed by atoms with E-state index in [2.05, 4.69) is 21.5 Å². The maximum absolute atomic E-state index is 13.5. The number of benzene rings is 1. The standard InChI is InChI=1S/C27H26F3N7O/c28-27(29,30)20-12-18(15-33-23(20)32)21-13-22-25(9-11-37(22)35-21)8-10-36(16-25)24(38)34-26(6-3-7-26)19-5-2-1-4-17(19)14-31/h1-2,4-5,12-13,15H,3,6-11,16H2,(H2,32,33)(H,34,38). The molecule has 1 saturated carbocycles. The minimum atomic E-state index is -4.61. The van der Waals surface area contributed by atoms with Gasteiger partial charge in [-0.25, -0.2) is 9.78 Å². The minimum absolute atomic E-state index is 0.162. The van der Waals surface area contributed by atoms with Crippen LogP contribution in [0, 0.1) is 11.3 Å². The molecule has 196 valence electrons. The van der Waals surface area contributed by atoms with Crippen molar-refractivity contribution in [2.45, 2.75) is 55.8 Å². The Bertz CT molecular complexity index is 1470. The third-order valence-electron chi connectivity index (χ3n) is 8.40. The van der Waals surface area contributed by atoms with Crippen LogP contribution in [0.5, 0.6) is 0 Å². The van der Waals surface area contributed by atoms with Gasteiger partial charge in [0.1, 0.15) is 5.82 Å². The number of pyridine rings is 1. The number of anilines is 1. The number of nitrogens with one attached hydrogen (secondary N) is 1. The maximum atomic E-state index is 13.5. The third kappa shape index (κ3) is 3.78. The molecule has 4 heterocycles. The Morgan fingerprint density at radius 1 is 1.13 bits per heavy atom. The number of nitriles is 1. The lowest BCUT2D eigenvalue weighted by molar-refractivity contribution is -0.137. The largest absolute Gasteiger partial charge is 0.419 e. The van der Waals surface area contributed by atoms with Crippen molar-refractivity contribution in [2.24, 2.45) is 0 Å². The van der Waals surface area contributed by atoms with Crippen molar-refractivity contribution in [3.8, 4) is 17.3 Å². The number of carbonyl (C=O) groups excluding carboxylic acids is 1. The van der Waals surface area contributed by atoms with E-state index in [0.717, 1.165) is 49.4 Å². The fraction of sp³-hybridized carbons (Fsp3) is 0.407. The Balaban J connectivity index is 1.23. The third-order valence-corrected chi connectivity index (χ3v) is 8.40. The number of rotatable bonds is 3. The van der Waals surface area contributed by atoms with Crippen LogP contribution in [0.3, 0.4) is 0 Å². The summed E-state index contributed by atoms with van der Waals surface area (Å²) in [5.74, 6) is -0.566. The number of urea groups is 1. The van der Waals surface area contributed by atoms with Gasteiger partial charge in [-0.1, -0.05) is 18.2 Å². The SMILES string of the molecule is N#Cc1ccccc1C1(NC(=O)N2CCC3(CCn4nc(-c5cnc(N)c(C(F)(F)F)c5)cc43)C2)CCC1. The normalized spacial score (nSPS) is 21.7. The van der Waals surface area contributed by atoms with Crippen molar-refractivity contribution in [3.63, 3.8) is 0 Å². The highest BCUT2D eigenvalue weighted by atomic mass is 19.4. The summed E-state index contributed by atoms with van der Waals surface area (Å²) in [5.41, 5.74) is 6.63. The summed E-state index contributed by atoms with van der Waals surface area (Å²) in [4.78, 5) is 19.0. The zero-order valence-electron chi connectivity index (χ0n) is 20.6. The Hall–Kier alpha value is -4.07. The van der Waals surface area contributed by atoms with Crippen LogP contribution in [-0.4, -0.2) is 38.8 Å². The second-order valence-electron chi connectivity index (χ2n) is 10.5. The minimum Gasteiger partial charge on any atom is -0.383 e. The Morgan fingerprint density at radius 2 is 1.89 bits per heavy atom. The molecule has 6 rings (SSSR count). The summed E-state index contributed by atoms with van der Waals surface area (Å²) in [5, 5.41) is 17.4. The number of aryl methyl sites for hydroxylation is 1. The van der Waals surface area contributed by atoms with Gasteiger partial charge in [-0.15, -0.1) is 0 Å². The van der Waals surface area contributed by atoms with E-state index in [9.17, 15) is 23.2 Å². The van der Waals surface area contributed by atoms with Gasteiger partial charge in [-0.05, 0) is 55.9 Å². The number of alkyl halides is 3. The molecule has 38 heavy (non-hydrogen) atoms. The van der Waals surface area contributed by atoms with Gasteiger partial charge in [-0.3, -0.25) is 4.68 Å². The molecule has 1 saturated heterocycles. The van der Waals surface area contributed by atoms with Gasteiger partial charge >= 0.3 is 12.2 Å². The molecule has 0 bridgehead atoms. The number of hydrogen-bond acceptors (Lipinski definition) is 5. The van der Waals surface area contributed by atoms with Crippen LogP contribution < -0.4 is 11.1 Å². The number of halogens is 3. The highest BCUT2D eigenvalue weighted by molar-refractivity contribution is 5.76. The van der Waals surface area contributed by atoms with Gasteiger partial charge in [0.25, 0.3) is 0 Å². The van der Waals surface area contributed by atoms with Gasteiger partial charge in [0, 0.05) is 42.5 Å². The summed E-state index contributed by atoms with van der Waals surface area (Å²) >= 11 is 0. The summed E-state index contributed by atoms with van der Waals surface area (Å²) < 4.78 is 41.9. The van der Waals surface area contributed by atoms with E-state index >= 15 is 0 Å². The number of amides is 2. The number of fused-ring (bicyclic) bond motifs is 2. The molecule has 2 fully saturated rings. The number of nitrogens with zero attached hydrogens (tertiary/aromatic N) is 5. The first-order valence-corrected chi connectivity index (χ1v) is 12.6. The van der Waals surface area contributed by atoms with Crippen molar-refractivity contribution < 1.29 is 18.0 Å². The van der Waals surface area contributed by atoms with E-state index in [1.165, 1.54) is 6.20 Å². The van der Waals surface area contributed by atoms with Gasteiger partial charge in [0.15, 0.2) is 0 Å². The molecule has 1 atom stereocenters. The van der Waals surface area contributed by atoms with Crippen molar-refractivity contribution in [2.75, 3.05) is 18.8 Å². The number of aromatic nitrogens is 3. The lowest BCUT2D eigenvalue weighted by Crippen LogP contribution is -2.55. The highest BCUT2D eigenvalue weighted by Crippen LogP contribution is 2.46. The fourth-order valence-corrected chi connectivity index (χ4v) is 6.18. The van der Waals surface area contributed by atoms with E-state index in [1.807, 2.05) is 33.8 Å². The first-order valence-electron chi connectivity index (χ1n) is 12.6. The van der Waals surface area contributed by atoms with Gasteiger partial charge in [0.2, 0.25) is 0 Å². The molecule has 3 aliphatic rings.